The van der Waals surface area contributed by atoms with Crippen LogP contribution in [0, 0.1) is 11.3 Å². The third-order valence-electron chi connectivity index (χ3n) is 13.7. The van der Waals surface area contributed by atoms with Crippen LogP contribution in [0.15, 0.2) is 219 Å². The van der Waals surface area contributed by atoms with Gasteiger partial charge in [-0.2, -0.15) is 5.26 Å². The zero-order valence-electron chi connectivity index (χ0n) is 35.5. The van der Waals surface area contributed by atoms with Crippen LogP contribution in [0.2, 0.25) is 0 Å². The summed E-state index contributed by atoms with van der Waals surface area (Å²) in [6.07, 6.45) is 4.00. The second-order valence-corrected chi connectivity index (χ2v) is 17.0. The van der Waals surface area contributed by atoms with Crippen molar-refractivity contribution in [2.45, 2.75) is 0 Å². The Kier molecular flexibility index (Phi) is 7.65. The summed E-state index contributed by atoms with van der Waals surface area (Å²) in [6.45, 7) is 0. The van der Waals surface area contributed by atoms with E-state index >= 15 is 0 Å². The second kappa shape index (κ2) is 13.9. The molecule has 5 heterocycles. The van der Waals surface area contributed by atoms with Crippen molar-refractivity contribution in [3.8, 4) is 39.9 Å². The maximum absolute atomic E-state index is 11.0. The van der Waals surface area contributed by atoms with Crippen molar-refractivity contribution in [1.29, 1.82) is 5.26 Å². The van der Waals surface area contributed by atoms with E-state index in [1.165, 1.54) is 0 Å². The van der Waals surface area contributed by atoms with Crippen LogP contribution in [0.5, 0.6) is 0 Å². The van der Waals surface area contributed by atoms with Crippen molar-refractivity contribution in [3.05, 3.63) is 224 Å². The molecule has 0 aliphatic rings. The van der Waals surface area contributed by atoms with Gasteiger partial charge in [0.05, 0.1) is 79.5 Å². The highest BCUT2D eigenvalue weighted by molar-refractivity contribution is 6.28. The fourth-order valence-electron chi connectivity index (χ4n) is 11.1. The molecule has 0 aliphatic carbocycles. The molecule has 6 nitrogen and oxygen atoms in total. The number of aromatic nitrogens is 5. The van der Waals surface area contributed by atoms with Gasteiger partial charge >= 0.3 is 0 Å². The Morgan fingerprint density at radius 3 is 1.20 bits per heavy atom. The standard InChI is InChI=1S/C60H36N6/c61-35-38-17-7-8-22-41(38)56-54(65-48-27-13-9-23-42(48)44-31-33-52-57(59(44)65)46-25-11-15-29-50(46)63(52)39-18-3-1-4-19-39)36-62-37-55(56)66-49-28-14-10-24-43(49)45-32-34-53-58(60(45)66)47-26-12-16-30-51(47)64(53)40-20-5-2-6-21-40/h1-34,36-37H. The molecule has 0 fully saturated rings. The van der Waals surface area contributed by atoms with Gasteiger partial charge in [0.1, 0.15) is 0 Å². The third kappa shape index (κ3) is 4.91. The predicted molar refractivity (Wildman–Crippen MR) is 272 cm³/mol. The normalized spacial score (nSPS) is 11.9. The van der Waals surface area contributed by atoms with Crippen molar-refractivity contribution in [2.24, 2.45) is 0 Å². The van der Waals surface area contributed by atoms with Gasteiger partial charge < -0.3 is 18.3 Å². The Bertz CT molecular complexity index is 4100. The number of pyridine rings is 1. The number of rotatable bonds is 5. The smallest absolute Gasteiger partial charge is 0.0998 e. The predicted octanol–water partition coefficient (Wildman–Crippen LogP) is 15.0. The van der Waals surface area contributed by atoms with E-state index in [2.05, 4.69) is 212 Å². The number of benzene rings is 9. The Hall–Kier alpha value is -9.18. The van der Waals surface area contributed by atoms with E-state index in [4.69, 9.17) is 4.98 Å². The Labute approximate surface area is 378 Å². The lowest BCUT2D eigenvalue weighted by Crippen LogP contribution is -2.06. The average Bonchev–Trinajstić information content (AvgIpc) is 4.11. The second-order valence-electron chi connectivity index (χ2n) is 17.0. The summed E-state index contributed by atoms with van der Waals surface area (Å²) in [7, 11) is 0. The van der Waals surface area contributed by atoms with Gasteiger partial charge in [-0.15, -0.1) is 0 Å². The van der Waals surface area contributed by atoms with Crippen molar-refractivity contribution in [2.75, 3.05) is 0 Å². The molecule has 9 aromatic carbocycles. The summed E-state index contributed by atoms with van der Waals surface area (Å²) in [4.78, 5) is 5.22. The number of para-hydroxylation sites is 6. The van der Waals surface area contributed by atoms with E-state index in [1.807, 2.05) is 30.6 Å². The molecule has 0 N–H and O–H groups in total. The van der Waals surface area contributed by atoms with Crippen molar-refractivity contribution in [3.63, 3.8) is 0 Å². The zero-order valence-corrected chi connectivity index (χ0v) is 35.5. The number of hydrogen-bond donors (Lipinski definition) is 0. The van der Waals surface area contributed by atoms with Gasteiger partial charge in [-0.05, 0) is 66.7 Å². The maximum atomic E-state index is 11.0. The zero-order chi connectivity index (χ0) is 43.5. The summed E-state index contributed by atoms with van der Waals surface area (Å²) in [6, 6.07) is 75.8. The van der Waals surface area contributed by atoms with E-state index in [0.717, 1.165) is 121 Å². The van der Waals surface area contributed by atoms with Gasteiger partial charge in [-0.1, -0.05) is 140 Å². The molecular weight excluding hydrogens is 805 g/mol. The first-order valence-corrected chi connectivity index (χ1v) is 22.3. The van der Waals surface area contributed by atoms with Crippen LogP contribution in [0.1, 0.15) is 5.56 Å². The van der Waals surface area contributed by atoms with Crippen LogP contribution in [0.25, 0.3) is 121 Å². The van der Waals surface area contributed by atoms with Crippen LogP contribution in [-0.4, -0.2) is 23.3 Å². The fourth-order valence-corrected chi connectivity index (χ4v) is 11.1. The van der Waals surface area contributed by atoms with Gasteiger partial charge in [0.15, 0.2) is 0 Å². The highest BCUT2D eigenvalue weighted by atomic mass is 15.1. The molecule has 14 rings (SSSR count). The van der Waals surface area contributed by atoms with Crippen LogP contribution < -0.4 is 0 Å². The number of nitriles is 1. The molecule has 0 atom stereocenters. The van der Waals surface area contributed by atoms with E-state index < -0.39 is 0 Å². The molecular formula is C60H36N6. The SMILES string of the molecule is N#Cc1ccccc1-c1c(-n2c3ccccc3c3ccc4c(c5ccccc5n4-c4ccccc4)c32)cncc1-n1c2ccccc2c2ccc3c(c4ccccc4n3-c3ccccc3)c21. The number of hydrogen-bond acceptors (Lipinski definition) is 2. The summed E-state index contributed by atoms with van der Waals surface area (Å²) in [5.74, 6) is 0. The van der Waals surface area contributed by atoms with Crippen LogP contribution >= 0.6 is 0 Å². The Morgan fingerprint density at radius 1 is 0.333 bits per heavy atom. The molecule has 66 heavy (non-hydrogen) atoms. The third-order valence-corrected chi connectivity index (χ3v) is 13.7. The molecule has 6 heteroatoms. The highest BCUT2D eigenvalue weighted by Gasteiger charge is 2.27. The molecule has 0 spiro atoms. The monoisotopic (exact) mass is 840 g/mol. The lowest BCUT2D eigenvalue weighted by Gasteiger charge is -2.20. The average molecular weight is 841 g/mol. The summed E-state index contributed by atoms with van der Waals surface area (Å²) >= 11 is 0. The van der Waals surface area contributed by atoms with Crippen LogP contribution in [0.4, 0.5) is 0 Å². The molecule has 0 aliphatic heterocycles. The van der Waals surface area contributed by atoms with Gasteiger partial charge in [0.2, 0.25) is 0 Å². The van der Waals surface area contributed by atoms with Gasteiger partial charge in [0.25, 0.3) is 0 Å². The lowest BCUT2D eigenvalue weighted by atomic mass is 9.97. The van der Waals surface area contributed by atoms with Gasteiger partial charge in [-0.25, -0.2) is 0 Å². The first-order chi connectivity index (χ1) is 32.8. The van der Waals surface area contributed by atoms with Crippen LogP contribution in [0.3, 0.4) is 0 Å². The summed E-state index contributed by atoms with van der Waals surface area (Å²) < 4.78 is 9.59. The number of fused-ring (bicyclic) bond motifs is 14. The molecule has 0 amide bonds. The molecule has 0 saturated heterocycles. The van der Waals surface area contributed by atoms with Crippen molar-refractivity contribution < 1.29 is 0 Å². The fraction of sp³-hybridized carbons (Fsp3) is 0. The van der Waals surface area contributed by atoms with E-state index in [0.29, 0.717) is 5.56 Å². The maximum Gasteiger partial charge on any atom is 0.0998 e. The quantitative estimate of drug-likeness (QED) is 0.173. The van der Waals surface area contributed by atoms with E-state index in [-0.39, 0.29) is 0 Å². The number of nitrogens with zero attached hydrogens (tertiary/aromatic N) is 6. The first-order valence-electron chi connectivity index (χ1n) is 22.3. The largest absolute Gasteiger partial charge is 0.309 e. The molecule has 0 bridgehead atoms. The molecule has 0 radical (unpaired) electrons. The molecule has 0 saturated carbocycles. The Balaban J connectivity index is 1.19. The topological polar surface area (TPSA) is 56.4 Å². The molecule has 0 unspecified atom stereocenters. The lowest BCUT2D eigenvalue weighted by molar-refractivity contribution is 1.10. The summed E-state index contributed by atoms with van der Waals surface area (Å²) in [5.41, 5.74) is 15.1. The van der Waals surface area contributed by atoms with Gasteiger partial charge in [-0.3, -0.25) is 4.98 Å². The highest BCUT2D eigenvalue weighted by Crippen LogP contribution is 2.47. The minimum absolute atomic E-state index is 0.587. The molecule has 306 valence electrons. The Morgan fingerprint density at radius 2 is 0.727 bits per heavy atom. The molecule has 14 aromatic rings. The van der Waals surface area contributed by atoms with Crippen molar-refractivity contribution in [1.82, 2.24) is 23.3 Å². The van der Waals surface area contributed by atoms with Gasteiger partial charge in [0, 0.05) is 65.6 Å². The van der Waals surface area contributed by atoms with Crippen LogP contribution in [-0.2, 0) is 0 Å². The molecule has 5 aromatic heterocycles. The summed E-state index contributed by atoms with van der Waals surface area (Å²) in [5, 5.41) is 20.2. The minimum atomic E-state index is 0.587. The van der Waals surface area contributed by atoms with E-state index in [9.17, 15) is 5.26 Å². The first kappa shape index (κ1) is 36.3. The van der Waals surface area contributed by atoms with E-state index in [1.54, 1.807) is 0 Å². The van der Waals surface area contributed by atoms with Crippen molar-refractivity contribution >= 4 is 87.2 Å². The minimum Gasteiger partial charge on any atom is -0.309 e.